The van der Waals surface area contributed by atoms with Crippen molar-refractivity contribution < 1.29 is 33.2 Å². The van der Waals surface area contributed by atoms with Gasteiger partial charge in [0.1, 0.15) is 19.0 Å². The first-order chi connectivity index (χ1) is 13.3. The Bertz CT molecular complexity index is 645. The first kappa shape index (κ1) is 19.7. The summed E-state index contributed by atoms with van der Waals surface area (Å²) in [5.74, 6) is 1.21. The third-order valence-electron chi connectivity index (χ3n) is 4.41. The number of hydrogen-bond donors (Lipinski definition) is 0. The average Bonchev–Trinajstić information content (AvgIpc) is 2.70. The topological polar surface area (TPSA) is 72.5 Å². The molecule has 2 heterocycles. The summed E-state index contributed by atoms with van der Waals surface area (Å²) in [4.78, 5) is 12.2. The molecule has 0 bridgehead atoms. The Hall–Kier alpha value is -2.09. The van der Waals surface area contributed by atoms with Gasteiger partial charge in [-0.25, -0.2) is 4.79 Å². The third-order valence-corrected chi connectivity index (χ3v) is 4.41. The van der Waals surface area contributed by atoms with Crippen molar-refractivity contribution in [3.8, 4) is 0 Å². The minimum absolute atomic E-state index is 0.0554. The molecule has 1 unspecified atom stereocenters. The van der Waals surface area contributed by atoms with Crippen molar-refractivity contribution in [3.63, 3.8) is 0 Å². The van der Waals surface area contributed by atoms with Gasteiger partial charge in [-0.15, -0.1) is 0 Å². The zero-order chi connectivity index (χ0) is 18.9. The summed E-state index contributed by atoms with van der Waals surface area (Å²) in [7, 11) is 1.37. The molecule has 0 spiro atoms. The number of methoxy groups -OCH3 is 1. The highest BCUT2D eigenvalue weighted by Crippen LogP contribution is 2.34. The van der Waals surface area contributed by atoms with Crippen LogP contribution in [0.4, 0.5) is 0 Å². The average molecular weight is 378 g/mol. The third kappa shape index (κ3) is 5.69. The molecule has 0 aromatic rings. The fraction of sp³-hybridized carbons (Fsp3) is 0.550. The lowest BCUT2D eigenvalue weighted by Crippen LogP contribution is -2.23. The quantitative estimate of drug-likeness (QED) is 0.646. The van der Waals surface area contributed by atoms with Crippen molar-refractivity contribution in [3.05, 3.63) is 47.0 Å². The Labute approximate surface area is 159 Å². The molecular weight excluding hydrogens is 352 g/mol. The summed E-state index contributed by atoms with van der Waals surface area (Å²) in [6.07, 6.45) is 7.93. The van der Waals surface area contributed by atoms with Crippen molar-refractivity contribution in [2.75, 3.05) is 60.0 Å². The minimum Gasteiger partial charge on any atom is -0.490 e. The van der Waals surface area contributed by atoms with Gasteiger partial charge in [0.25, 0.3) is 0 Å². The number of carbonyl (C=O) groups is 1. The van der Waals surface area contributed by atoms with Gasteiger partial charge in [-0.05, 0) is 23.8 Å². The van der Waals surface area contributed by atoms with Gasteiger partial charge < -0.3 is 28.4 Å². The van der Waals surface area contributed by atoms with Crippen molar-refractivity contribution in [1.29, 1.82) is 0 Å². The van der Waals surface area contributed by atoms with Crippen LogP contribution in [-0.4, -0.2) is 65.9 Å². The standard InChI is InChI=1S/C20H26O7/c1-22-20(21)15-3-2-4-23-5-6-24-7-8-25-14-17-13-19-18(12-16(17)11-15)26-9-10-27-19/h2-3,11-12,17H,4-10,13-14H2,1H3/b3-2+,15-11+. The molecule has 0 radical (unpaired) electrons. The van der Waals surface area contributed by atoms with Crippen LogP contribution in [0, 0.1) is 5.92 Å². The van der Waals surface area contributed by atoms with Crippen LogP contribution in [0.2, 0.25) is 0 Å². The van der Waals surface area contributed by atoms with E-state index in [0.717, 1.165) is 17.1 Å². The normalized spacial score (nSPS) is 27.8. The van der Waals surface area contributed by atoms with Gasteiger partial charge in [-0.3, -0.25) is 0 Å². The highest BCUT2D eigenvalue weighted by atomic mass is 16.6. The van der Waals surface area contributed by atoms with Crippen LogP contribution < -0.4 is 0 Å². The van der Waals surface area contributed by atoms with Gasteiger partial charge in [-0.2, -0.15) is 0 Å². The van der Waals surface area contributed by atoms with Crippen molar-refractivity contribution >= 4 is 5.97 Å². The number of allylic oxidation sites excluding steroid dienone is 3. The van der Waals surface area contributed by atoms with Crippen LogP contribution in [-0.2, 0) is 33.2 Å². The van der Waals surface area contributed by atoms with Crippen LogP contribution in [0.5, 0.6) is 0 Å². The second kappa shape index (κ2) is 10.3. The predicted octanol–water partition coefficient (Wildman–Crippen LogP) is 1.91. The fourth-order valence-corrected chi connectivity index (χ4v) is 3.04. The van der Waals surface area contributed by atoms with Crippen molar-refractivity contribution in [1.82, 2.24) is 0 Å². The molecule has 0 aromatic heterocycles. The summed E-state index contributed by atoms with van der Waals surface area (Å²) in [5.41, 5.74) is 1.39. The minimum atomic E-state index is -0.403. The van der Waals surface area contributed by atoms with E-state index >= 15 is 0 Å². The Morgan fingerprint density at radius 3 is 2.63 bits per heavy atom. The van der Waals surface area contributed by atoms with E-state index in [1.165, 1.54) is 7.11 Å². The fourth-order valence-electron chi connectivity index (χ4n) is 3.04. The van der Waals surface area contributed by atoms with E-state index in [2.05, 4.69) is 0 Å². The molecule has 1 aliphatic carbocycles. The zero-order valence-electron chi connectivity index (χ0n) is 15.6. The monoisotopic (exact) mass is 378 g/mol. The summed E-state index contributed by atoms with van der Waals surface area (Å²) >= 11 is 0. The molecule has 0 amide bonds. The van der Waals surface area contributed by atoms with Crippen LogP contribution in [0.3, 0.4) is 0 Å². The molecule has 0 N–H and O–H groups in total. The molecule has 7 heteroatoms. The van der Waals surface area contributed by atoms with Gasteiger partial charge in [0.05, 0.1) is 52.3 Å². The summed E-state index contributed by atoms with van der Waals surface area (Å²) in [5, 5.41) is 0. The molecule has 2 aliphatic heterocycles. The Morgan fingerprint density at radius 2 is 1.78 bits per heavy atom. The van der Waals surface area contributed by atoms with Crippen LogP contribution in [0.25, 0.3) is 0 Å². The number of carbonyl (C=O) groups excluding carboxylic acids is 1. The van der Waals surface area contributed by atoms with Gasteiger partial charge in [0, 0.05) is 12.3 Å². The molecule has 148 valence electrons. The lowest BCUT2D eigenvalue weighted by Gasteiger charge is -2.29. The lowest BCUT2D eigenvalue weighted by atomic mass is 9.88. The summed E-state index contributed by atoms with van der Waals surface area (Å²) < 4.78 is 33.1. The Morgan fingerprint density at radius 1 is 1.00 bits per heavy atom. The van der Waals surface area contributed by atoms with Crippen LogP contribution >= 0.6 is 0 Å². The predicted molar refractivity (Wildman–Crippen MR) is 96.8 cm³/mol. The number of esters is 1. The SMILES string of the molecule is COC(=O)C1=C/C2=CC3=C(CC2COCCOCCOC\C=C\1)OCCO3. The molecule has 1 atom stereocenters. The number of fused-ring (bicyclic) bond motifs is 1. The molecule has 0 fully saturated rings. The maximum Gasteiger partial charge on any atom is 0.337 e. The van der Waals surface area contributed by atoms with E-state index in [1.54, 1.807) is 12.2 Å². The number of hydrogen-bond acceptors (Lipinski definition) is 7. The maximum atomic E-state index is 12.2. The van der Waals surface area contributed by atoms with Gasteiger partial charge in [-0.1, -0.05) is 6.08 Å². The molecule has 27 heavy (non-hydrogen) atoms. The van der Waals surface area contributed by atoms with Gasteiger partial charge >= 0.3 is 5.97 Å². The molecule has 3 aliphatic rings. The Kier molecular flexibility index (Phi) is 7.50. The van der Waals surface area contributed by atoms with E-state index < -0.39 is 5.97 Å². The number of rotatable bonds is 1. The second-order valence-electron chi connectivity index (χ2n) is 6.29. The van der Waals surface area contributed by atoms with Crippen LogP contribution in [0.1, 0.15) is 6.42 Å². The van der Waals surface area contributed by atoms with E-state index in [-0.39, 0.29) is 5.92 Å². The van der Waals surface area contributed by atoms with E-state index in [9.17, 15) is 4.79 Å². The number of ether oxygens (including phenoxy) is 6. The molecule has 7 nitrogen and oxygen atoms in total. The van der Waals surface area contributed by atoms with Gasteiger partial charge in [0.15, 0.2) is 5.76 Å². The molecule has 3 rings (SSSR count). The summed E-state index contributed by atoms with van der Waals surface area (Å²) in [6, 6.07) is 0. The van der Waals surface area contributed by atoms with E-state index in [4.69, 9.17) is 28.4 Å². The highest BCUT2D eigenvalue weighted by Gasteiger charge is 2.27. The van der Waals surface area contributed by atoms with Crippen molar-refractivity contribution in [2.24, 2.45) is 5.92 Å². The lowest BCUT2D eigenvalue weighted by molar-refractivity contribution is -0.135. The second-order valence-corrected chi connectivity index (χ2v) is 6.29. The Balaban J connectivity index is 1.88. The maximum absolute atomic E-state index is 12.2. The van der Waals surface area contributed by atoms with Gasteiger partial charge in [0.2, 0.25) is 0 Å². The molecule has 0 aromatic carbocycles. The summed E-state index contributed by atoms with van der Waals surface area (Å²) in [6.45, 7) is 3.97. The largest absolute Gasteiger partial charge is 0.490 e. The van der Waals surface area contributed by atoms with E-state index in [1.807, 2.05) is 12.2 Å². The van der Waals surface area contributed by atoms with E-state index in [0.29, 0.717) is 64.8 Å². The van der Waals surface area contributed by atoms with Crippen LogP contribution in [0.15, 0.2) is 47.0 Å². The van der Waals surface area contributed by atoms with Crippen molar-refractivity contribution in [2.45, 2.75) is 6.42 Å². The molecule has 0 saturated heterocycles. The zero-order valence-corrected chi connectivity index (χ0v) is 15.6. The molecular formula is C20H26O7. The molecule has 0 saturated carbocycles. The first-order valence-electron chi connectivity index (χ1n) is 9.18. The smallest absolute Gasteiger partial charge is 0.337 e. The first-order valence-corrected chi connectivity index (χ1v) is 9.18. The highest BCUT2D eigenvalue weighted by molar-refractivity contribution is 5.92.